The van der Waals surface area contributed by atoms with Crippen LogP contribution in [0.3, 0.4) is 0 Å². The number of hydrogen-bond donors (Lipinski definition) is 0. The third kappa shape index (κ3) is 3.24. The summed E-state index contributed by atoms with van der Waals surface area (Å²) in [6, 6.07) is 1.91. The average Bonchev–Trinajstić information content (AvgIpc) is 2.34. The molecular formula is C14H18N2O. The molecule has 1 aliphatic carbocycles. The van der Waals surface area contributed by atoms with E-state index in [2.05, 4.69) is 9.98 Å². The van der Waals surface area contributed by atoms with E-state index in [4.69, 9.17) is 0 Å². The third-order valence-electron chi connectivity index (χ3n) is 3.46. The van der Waals surface area contributed by atoms with E-state index in [0.717, 1.165) is 17.7 Å². The number of aryl methyl sites for hydroxylation is 1. The molecule has 0 amide bonds. The molecule has 3 nitrogen and oxygen atoms in total. The average molecular weight is 230 g/mol. The van der Waals surface area contributed by atoms with Crippen LogP contribution < -0.4 is 0 Å². The predicted octanol–water partition coefficient (Wildman–Crippen LogP) is 3.48. The Bertz CT molecular complexity index is 430. The molecule has 0 aromatic carbocycles. The van der Waals surface area contributed by atoms with E-state index >= 15 is 0 Å². The van der Waals surface area contributed by atoms with Gasteiger partial charge in [0.1, 0.15) is 0 Å². The van der Waals surface area contributed by atoms with Crippen molar-refractivity contribution >= 4 is 11.8 Å². The fourth-order valence-corrected chi connectivity index (χ4v) is 2.55. The minimum atomic E-state index is 0.700. The molecule has 0 unspecified atom stereocenters. The van der Waals surface area contributed by atoms with Crippen molar-refractivity contribution in [2.45, 2.75) is 45.4 Å². The predicted molar refractivity (Wildman–Crippen MR) is 67.0 cm³/mol. The molecule has 1 fully saturated rings. The molecule has 90 valence electrons. The summed E-state index contributed by atoms with van der Waals surface area (Å²) in [5.41, 5.74) is 2.68. The first-order valence-corrected chi connectivity index (χ1v) is 6.33. The van der Waals surface area contributed by atoms with Crippen molar-refractivity contribution in [3.8, 4) is 0 Å². The summed E-state index contributed by atoms with van der Waals surface area (Å²) >= 11 is 0. The summed E-state index contributed by atoms with van der Waals surface area (Å²) in [5, 5.41) is 0. The highest BCUT2D eigenvalue weighted by Gasteiger charge is 2.16. The minimum Gasteiger partial charge on any atom is -0.259 e. The van der Waals surface area contributed by atoms with Crippen molar-refractivity contribution in [3.63, 3.8) is 0 Å². The number of hydrogen-bond acceptors (Lipinski definition) is 3. The van der Waals surface area contributed by atoms with E-state index in [1.807, 2.05) is 19.2 Å². The molecule has 0 radical (unpaired) electrons. The van der Waals surface area contributed by atoms with Gasteiger partial charge in [0.2, 0.25) is 6.08 Å². The number of isocyanates is 1. The Hall–Kier alpha value is -1.47. The van der Waals surface area contributed by atoms with Crippen molar-refractivity contribution < 1.29 is 4.79 Å². The fourth-order valence-electron chi connectivity index (χ4n) is 2.55. The van der Waals surface area contributed by atoms with Crippen LogP contribution >= 0.6 is 0 Å². The van der Waals surface area contributed by atoms with Gasteiger partial charge >= 0.3 is 0 Å². The SMILES string of the molecule is Cc1cnc(CC2CCCCC2)c(N=C=O)c1. The Balaban J connectivity index is 2.16. The van der Waals surface area contributed by atoms with Crippen LogP contribution in [0.1, 0.15) is 43.4 Å². The van der Waals surface area contributed by atoms with Gasteiger partial charge in [0.05, 0.1) is 11.4 Å². The molecule has 1 heterocycles. The lowest BCUT2D eigenvalue weighted by atomic mass is 9.86. The number of nitrogens with zero attached hydrogens (tertiary/aromatic N) is 2. The van der Waals surface area contributed by atoms with E-state index in [1.165, 1.54) is 32.1 Å². The second-order valence-electron chi connectivity index (χ2n) is 4.89. The first-order chi connectivity index (χ1) is 8.29. The molecule has 0 bridgehead atoms. The monoisotopic (exact) mass is 230 g/mol. The van der Waals surface area contributed by atoms with Gasteiger partial charge in [-0.2, -0.15) is 4.99 Å². The van der Waals surface area contributed by atoms with E-state index in [-0.39, 0.29) is 0 Å². The van der Waals surface area contributed by atoms with Crippen LogP contribution in [0.15, 0.2) is 17.3 Å². The van der Waals surface area contributed by atoms with Crippen molar-refractivity contribution in [2.75, 3.05) is 0 Å². The molecule has 1 aromatic rings. The summed E-state index contributed by atoms with van der Waals surface area (Å²) in [5.74, 6) is 0.708. The molecular weight excluding hydrogens is 212 g/mol. The van der Waals surface area contributed by atoms with E-state index in [0.29, 0.717) is 11.6 Å². The van der Waals surface area contributed by atoms with Crippen LogP contribution in [0, 0.1) is 12.8 Å². The number of aromatic nitrogens is 1. The van der Waals surface area contributed by atoms with Gasteiger partial charge in [-0.25, -0.2) is 4.79 Å². The molecule has 2 rings (SSSR count). The lowest BCUT2D eigenvalue weighted by Gasteiger charge is -2.21. The maximum absolute atomic E-state index is 10.4. The lowest BCUT2D eigenvalue weighted by Crippen LogP contribution is -2.10. The van der Waals surface area contributed by atoms with Crippen LogP contribution in [0.2, 0.25) is 0 Å². The fraction of sp³-hybridized carbons (Fsp3) is 0.571. The zero-order chi connectivity index (χ0) is 12.1. The number of pyridine rings is 1. The third-order valence-corrected chi connectivity index (χ3v) is 3.46. The Kier molecular flexibility index (Phi) is 4.05. The first kappa shape index (κ1) is 12.0. The number of aliphatic imine (C=N–C) groups is 1. The largest absolute Gasteiger partial charge is 0.259 e. The van der Waals surface area contributed by atoms with Crippen molar-refractivity contribution in [2.24, 2.45) is 10.9 Å². The van der Waals surface area contributed by atoms with Gasteiger partial charge in [-0.15, -0.1) is 0 Å². The zero-order valence-electron chi connectivity index (χ0n) is 10.3. The van der Waals surface area contributed by atoms with Gasteiger partial charge in [0, 0.05) is 6.20 Å². The molecule has 0 N–H and O–H groups in total. The Labute approximate surface area is 102 Å². The summed E-state index contributed by atoms with van der Waals surface area (Å²) in [7, 11) is 0. The Morgan fingerprint density at radius 2 is 2.18 bits per heavy atom. The lowest BCUT2D eigenvalue weighted by molar-refractivity contribution is 0.354. The highest BCUT2D eigenvalue weighted by Crippen LogP contribution is 2.29. The van der Waals surface area contributed by atoms with Gasteiger partial charge in [-0.1, -0.05) is 32.1 Å². The molecule has 1 saturated carbocycles. The quantitative estimate of drug-likeness (QED) is 0.589. The summed E-state index contributed by atoms with van der Waals surface area (Å²) in [6.45, 7) is 1.96. The minimum absolute atomic E-state index is 0.700. The van der Waals surface area contributed by atoms with Gasteiger partial charge in [-0.3, -0.25) is 4.98 Å². The molecule has 0 spiro atoms. The van der Waals surface area contributed by atoms with Crippen LogP contribution in [0.25, 0.3) is 0 Å². The van der Waals surface area contributed by atoms with E-state index in [1.54, 1.807) is 6.08 Å². The maximum atomic E-state index is 10.4. The molecule has 0 aliphatic heterocycles. The smallest absolute Gasteiger partial charge is 0.240 e. The van der Waals surface area contributed by atoms with Crippen LogP contribution in [0.5, 0.6) is 0 Å². The van der Waals surface area contributed by atoms with Crippen LogP contribution in [-0.4, -0.2) is 11.1 Å². The topological polar surface area (TPSA) is 42.3 Å². The Morgan fingerprint density at radius 1 is 1.41 bits per heavy atom. The van der Waals surface area contributed by atoms with Crippen molar-refractivity contribution in [3.05, 3.63) is 23.5 Å². The van der Waals surface area contributed by atoms with Gasteiger partial charge in [-0.05, 0) is 30.9 Å². The Morgan fingerprint density at radius 3 is 2.88 bits per heavy atom. The maximum Gasteiger partial charge on any atom is 0.240 e. The zero-order valence-corrected chi connectivity index (χ0v) is 10.3. The molecule has 17 heavy (non-hydrogen) atoms. The highest BCUT2D eigenvalue weighted by atomic mass is 16.1. The second-order valence-corrected chi connectivity index (χ2v) is 4.89. The van der Waals surface area contributed by atoms with Crippen LogP contribution in [-0.2, 0) is 11.2 Å². The molecule has 1 aromatic heterocycles. The summed E-state index contributed by atoms with van der Waals surface area (Å²) in [6.07, 6.45) is 11.0. The van der Waals surface area contributed by atoms with Crippen molar-refractivity contribution in [1.29, 1.82) is 0 Å². The standard InChI is InChI=1S/C14H18N2O/c1-11-7-13(16-10-17)14(15-9-11)8-12-5-3-2-4-6-12/h7,9,12H,2-6,8H2,1H3. The van der Waals surface area contributed by atoms with Crippen LogP contribution in [0.4, 0.5) is 5.69 Å². The number of rotatable bonds is 3. The van der Waals surface area contributed by atoms with E-state index < -0.39 is 0 Å². The highest BCUT2D eigenvalue weighted by molar-refractivity contribution is 5.52. The second kappa shape index (κ2) is 5.74. The molecule has 3 heteroatoms. The summed E-state index contributed by atoms with van der Waals surface area (Å²) in [4.78, 5) is 18.6. The summed E-state index contributed by atoms with van der Waals surface area (Å²) < 4.78 is 0. The van der Waals surface area contributed by atoms with Crippen molar-refractivity contribution in [1.82, 2.24) is 4.98 Å². The molecule has 0 saturated heterocycles. The molecule has 1 aliphatic rings. The normalized spacial score (nSPS) is 16.5. The number of carbonyl (C=O) groups excluding carboxylic acids is 1. The van der Waals surface area contributed by atoms with Gasteiger partial charge in [0.15, 0.2) is 0 Å². The van der Waals surface area contributed by atoms with Gasteiger partial charge in [0.25, 0.3) is 0 Å². The first-order valence-electron chi connectivity index (χ1n) is 6.33. The van der Waals surface area contributed by atoms with Gasteiger partial charge < -0.3 is 0 Å². The van der Waals surface area contributed by atoms with E-state index in [9.17, 15) is 4.79 Å². The molecule has 0 atom stereocenters.